The molecule has 20 heavy (non-hydrogen) atoms. The molecule has 0 saturated carbocycles. The molecule has 4 heteroatoms. The van der Waals surface area contributed by atoms with Crippen molar-refractivity contribution in [1.82, 2.24) is 4.98 Å². The maximum Gasteiger partial charge on any atom is 0.496 e. The lowest BCUT2D eigenvalue weighted by molar-refractivity contribution is 0.00578. The molecule has 0 radical (unpaired) electrons. The van der Waals surface area contributed by atoms with Crippen molar-refractivity contribution in [3.05, 3.63) is 34.5 Å². The maximum atomic E-state index is 6.15. The lowest BCUT2D eigenvalue weighted by Crippen LogP contribution is -2.41. The van der Waals surface area contributed by atoms with Gasteiger partial charge in [0.25, 0.3) is 0 Å². The molecular weight excluding hydrogens is 249 g/mol. The van der Waals surface area contributed by atoms with E-state index in [9.17, 15) is 0 Å². The summed E-state index contributed by atoms with van der Waals surface area (Å²) in [6.07, 6.45) is 3.99. The van der Waals surface area contributed by atoms with Crippen LogP contribution in [-0.4, -0.2) is 23.3 Å². The molecule has 3 nitrogen and oxygen atoms in total. The number of rotatable bonds is 2. The summed E-state index contributed by atoms with van der Waals surface area (Å²) in [5.41, 5.74) is 1.51. The first-order chi connectivity index (χ1) is 9.14. The summed E-state index contributed by atoms with van der Waals surface area (Å²) < 4.78 is 12.3. The first-order valence-electron chi connectivity index (χ1n) is 7.01. The van der Waals surface area contributed by atoms with Crippen molar-refractivity contribution in [3.63, 3.8) is 0 Å². The molecule has 0 unspecified atom stereocenters. The van der Waals surface area contributed by atoms with Crippen LogP contribution in [0, 0.1) is 0 Å². The topological polar surface area (TPSA) is 34.2 Å². The lowest BCUT2D eigenvalue weighted by Gasteiger charge is -2.32. The van der Waals surface area contributed by atoms with Crippen LogP contribution in [0.1, 0.15) is 41.5 Å². The van der Waals surface area contributed by atoms with Gasteiger partial charge in [-0.25, -0.2) is 0 Å². The van der Waals surface area contributed by atoms with E-state index in [1.807, 2.05) is 12.3 Å². The smallest absolute Gasteiger partial charge is 0.399 e. The van der Waals surface area contributed by atoms with Crippen LogP contribution in [0.15, 0.2) is 23.9 Å². The fourth-order valence-electron chi connectivity index (χ4n) is 2.21. The minimum Gasteiger partial charge on any atom is -0.399 e. The highest BCUT2D eigenvalue weighted by molar-refractivity contribution is 6.68. The highest BCUT2D eigenvalue weighted by Gasteiger charge is 2.52. The first-order valence-corrected chi connectivity index (χ1v) is 7.01. The Hall–Kier alpha value is -1.26. The third kappa shape index (κ3) is 2.63. The average Bonchev–Trinajstić information content (AvgIpc) is 2.78. The van der Waals surface area contributed by atoms with E-state index in [1.165, 1.54) is 5.57 Å². The van der Waals surface area contributed by atoms with Crippen LogP contribution in [0.2, 0.25) is 0 Å². The molecule has 1 aliphatic rings. The van der Waals surface area contributed by atoms with Gasteiger partial charge in [0.05, 0.1) is 11.2 Å². The van der Waals surface area contributed by atoms with Crippen molar-refractivity contribution in [2.75, 3.05) is 0 Å². The quantitative estimate of drug-likeness (QED) is 0.838. The molecular formula is C16H24BNO2. The summed E-state index contributed by atoms with van der Waals surface area (Å²) in [4.78, 5) is 3.24. The Morgan fingerprint density at radius 2 is 1.75 bits per heavy atom. The number of hydrogen-bond acceptors (Lipinski definition) is 2. The van der Waals surface area contributed by atoms with Gasteiger partial charge >= 0.3 is 7.12 Å². The Balaban J connectivity index is 2.56. The number of nitrogens with one attached hydrogen (secondary N) is 1. The fraction of sp³-hybridized carbons (Fsp3) is 0.500. The minimum atomic E-state index is -0.381. The van der Waals surface area contributed by atoms with Crippen molar-refractivity contribution in [1.29, 1.82) is 0 Å². The Morgan fingerprint density at radius 1 is 1.20 bits per heavy atom. The molecule has 0 atom stereocenters. The van der Waals surface area contributed by atoms with Crippen molar-refractivity contribution < 1.29 is 9.31 Å². The zero-order valence-electron chi connectivity index (χ0n) is 13.3. The zero-order chi connectivity index (χ0) is 15.1. The molecule has 1 N–H and O–H groups in total. The van der Waals surface area contributed by atoms with Gasteiger partial charge < -0.3 is 14.3 Å². The van der Waals surface area contributed by atoms with Crippen LogP contribution in [-0.2, 0) is 9.31 Å². The van der Waals surface area contributed by atoms with E-state index in [0.717, 1.165) is 16.0 Å². The van der Waals surface area contributed by atoms with Gasteiger partial charge in [-0.2, -0.15) is 0 Å². The van der Waals surface area contributed by atoms with Gasteiger partial charge in [-0.05, 0) is 52.8 Å². The number of H-pyrrole nitrogens is 1. The second-order valence-electron chi connectivity index (χ2n) is 6.64. The molecule has 1 aliphatic heterocycles. The van der Waals surface area contributed by atoms with E-state index in [0.29, 0.717) is 0 Å². The van der Waals surface area contributed by atoms with Gasteiger partial charge in [-0.1, -0.05) is 18.2 Å². The molecule has 1 saturated heterocycles. The normalized spacial score (nSPS) is 21.8. The van der Waals surface area contributed by atoms with Crippen LogP contribution >= 0.6 is 0 Å². The summed E-state index contributed by atoms with van der Waals surface area (Å²) in [5.74, 6) is 0. The van der Waals surface area contributed by atoms with E-state index in [4.69, 9.17) is 9.31 Å². The molecule has 108 valence electrons. The third-order valence-corrected chi connectivity index (χ3v) is 4.07. The largest absolute Gasteiger partial charge is 0.496 e. The second-order valence-corrected chi connectivity index (χ2v) is 6.64. The van der Waals surface area contributed by atoms with E-state index >= 15 is 0 Å². The number of aromatic nitrogens is 1. The van der Waals surface area contributed by atoms with Gasteiger partial charge in [0.1, 0.15) is 0 Å². The van der Waals surface area contributed by atoms with Crippen molar-refractivity contribution in [2.45, 2.75) is 52.7 Å². The van der Waals surface area contributed by atoms with Crippen molar-refractivity contribution in [3.8, 4) is 0 Å². The molecule has 0 aromatic carbocycles. The van der Waals surface area contributed by atoms with Crippen LogP contribution in [0.3, 0.4) is 0 Å². The van der Waals surface area contributed by atoms with Gasteiger partial charge in [-0.3, -0.25) is 0 Å². The van der Waals surface area contributed by atoms with Crippen molar-refractivity contribution in [2.24, 2.45) is 0 Å². The van der Waals surface area contributed by atoms with Gasteiger partial charge in [0.2, 0.25) is 0 Å². The highest BCUT2D eigenvalue weighted by atomic mass is 16.7. The van der Waals surface area contributed by atoms with E-state index in [2.05, 4.69) is 59.2 Å². The summed E-state index contributed by atoms with van der Waals surface area (Å²) in [6, 6.07) is 1.96. The van der Waals surface area contributed by atoms with Gasteiger partial charge in [0, 0.05) is 17.0 Å². The first kappa shape index (κ1) is 15.1. The molecule has 1 aromatic heterocycles. The summed E-state index contributed by atoms with van der Waals surface area (Å²) in [5, 5.41) is 1.93. The third-order valence-electron chi connectivity index (χ3n) is 4.07. The van der Waals surface area contributed by atoms with Crippen LogP contribution < -0.4 is 10.6 Å². The highest BCUT2D eigenvalue weighted by Crippen LogP contribution is 2.38. The predicted octanol–water partition coefficient (Wildman–Crippen LogP) is 2.17. The van der Waals surface area contributed by atoms with Crippen LogP contribution in [0.5, 0.6) is 0 Å². The molecule has 1 fully saturated rings. The minimum absolute atomic E-state index is 0.341. The second kappa shape index (κ2) is 4.94. The number of allylic oxidation sites excluding steroid dienone is 2. The lowest BCUT2D eigenvalue weighted by atomic mass is 9.77. The molecule has 2 rings (SSSR count). The Labute approximate surface area is 121 Å². The number of hydrogen-bond donors (Lipinski definition) is 1. The summed E-state index contributed by atoms with van der Waals surface area (Å²) >= 11 is 0. The molecule has 2 heterocycles. The Morgan fingerprint density at radius 3 is 2.15 bits per heavy atom. The fourth-order valence-corrected chi connectivity index (χ4v) is 2.21. The molecule has 0 bridgehead atoms. The SMILES string of the molecule is C=c1cc[nH]/c1=C(/C=C(C)C)B1OC(C)(C)C(C)(C)O1. The molecule has 1 aromatic rings. The molecule has 0 spiro atoms. The average molecular weight is 273 g/mol. The Kier molecular flexibility index (Phi) is 3.74. The maximum absolute atomic E-state index is 6.15. The Bertz CT molecular complexity index is 620. The van der Waals surface area contributed by atoms with E-state index in [-0.39, 0.29) is 18.3 Å². The van der Waals surface area contributed by atoms with Gasteiger partial charge in [-0.15, -0.1) is 0 Å². The van der Waals surface area contributed by atoms with E-state index < -0.39 is 0 Å². The summed E-state index contributed by atoms with van der Waals surface area (Å²) in [6.45, 7) is 16.4. The van der Waals surface area contributed by atoms with Crippen LogP contribution in [0.4, 0.5) is 0 Å². The molecule has 0 aliphatic carbocycles. The summed E-state index contributed by atoms with van der Waals surface area (Å²) in [7, 11) is -0.381. The monoisotopic (exact) mass is 273 g/mol. The van der Waals surface area contributed by atoms with Crippen molar-refractivity contribution >= 4 is 19.2 Å². The van der Waals surface area contributed by atoms with E-state index in [1.54, 1.807) is 0 Å². The van der Waals surface area contributed by atoms with Crippen LogP contribution in [0.25, 0.3) is 12.1 Å². The molecule has 0 amide bonds. The van der Waals surface area contributed by atoms with Gasteiger partial charge in [0.15, 0.2) is 0 Å². The predicted molar refractivity (Wildman–Crippen MR) is 84.5 cm³/mol. The number of aromatic amines is 1. The standard InChI is InChI=1S/C16H24BNO2/c1-11(2)10-13(14-12(3)8-9-18-14)17-19-15(4,5)16(6,7)20-17/h8-10,18H,3H2,1-2,4-7H3/b14-13-. The zero-order valence-corrected chi connectivity index (χ0v) is 13.3.